The normalized spacial score (nSPS) is 21.5. The smallest absolute Gasteiger partial charge is 0.341 e. The fourth-order valence-electron chi connectivity index (χ4n) is 3.92. The first-order valence-corrected chi connectivity index (χ1v) is 13.1. The molecule has 190 valence electrons. The molecule has 0 saturated carbocycles. The maximum Gasteiger partial charge on any atom is 0.341 e. The van der Waals surface area contributed by atoms with Crippen molar-refractivity contribution >= 4 is 39.5 Å². The number of aliphatic carboxylic acids is 3. The summed E-state index contributed by atoms with van der Waals surface area (Å²) in [5.74, 6) is -2.48. The summed E-state index contributed by atoms with van der Waals surface area (Å²) in [6.07, 6.45) is 0.511. The van der Waals surface area contributed by atoms with Crippen molar-refractivity contribution in [1.82, 2.24) is 9.80 Å². The minimum Gasteiger partial charge on any atom is -0.482 e. The van der Waals surface area contributed by atoms with Crippen molar-refractivity contribution in [3.63, 3.8) is 0 Å². The summed E-state index contributed by atoms with van der Waals surface area (Å²) in [6.45, 7) is 9.15. The Kier molecular flexibility index (Phi) is 10.1. The fourth-order valence-corrected chi connectivity index (χ4v) is 6.49. The van der Waals surface area contributed by atoms with Crippen LogP contribution in [0, 0.1) is 0 Å². The molecule has 1 fully saturated rings. The van der Waals surface area contributed by atoms with Crippen molar-refractivity contribution in [3.8, 4) is 5.75 Å². The van der Waals surface area contributed by atoms with E-state index in [1.807, 2.05) is 21.9 Å². The number of benzene rings is 1. The second-order valence-electron chi connectivity index (χ2n) is 9.73. The van der Waals surface area contributed by atoms with Crippen LogP contribution in [0.3, 0.4) is 0 Å². The molecule has 1 atom stereocenters. The Morgan fingerprint density at radius 2 is 1.47 bits per heavy atom. The van der Waals surface area contributed by atoms with Crippen LogP contribution < -0.4 is 4.74 Å². The standard InChI is InChI=1S/C23H34N2O7S2/c1-22(2)14-24(11-19(26)27)10-17(25(12-20(28)29)15-23(3,4)34-33-22)9-16-5-7-18(8-6-16)32-13-21(30)31/h5-8,17H,9-15H2,1-4H3,(H,26,27)(H,28,29)(H,30,31). The molecule has 0 radical (unpaired) electrons. The second kappa shape index (κ2) is 12.1. The van der Waals surface area contributed by atoms with Gasteiger partial charge in [0.25, 0.3) is 0 Å². The van der Waals surface area contributed by atoms with Gasteiger partial charge >= 0.3 is 17.9 Å². The molecule has 1 aliphatic rings. The molecule has 0 bridgehead atoms. The number of nitrogens with zero attached hydrogens (tertiary/aromatic N) is 2. The van der Waals surface area contributed by atoms with Crippen molar-refractivity contribution in [3.05, 3.63) is 29.8 Å². The number of carboxylic acids is 3. The van der Waals surface area contributed by atoms with E-state index in [9.17, 15) is 24.6 Å². The Morgan fingerprint density at radius 1 is 0.912 bits per heavy atom. The molecule has 9 nitrogen and oxygen atoms in total. The summed E-state index contributed by atoms with van der Waals surface area (Å²) in [5.41, 5.74) is 0.925. The maximum atomic E-state index is 11.7. The van der Waals surface area contributed by atoms with E-state index < -0.39 is 24.5 Å². The Hall–Kier alpha value is -1.95. The van der Waals surface area contributed by atoms with Gasteiger partial charge in [0, 0.05) is 35.2 Å². The van der Waals surface area contributed by atoms with Crippen molar-refractivity contribution in [2.45, 2.75) is 49.7 Å². The van der Waals surface area contributed by atoms with E-state index in [4.69, 9.17) is 9.84 Å². The van der Waals surface area contributed by atoms with Gasteiger partial charge in [0.2, 0.25) is 0 Å². The molecule has 1 aromatic carbocycles. The Bertz CT molecular complexity index is 861. The summed E-state index contributed by atoms with van der Waals surface area (Å²) < 4.78 is 4.78. The lowest BCUT2D eigenvalue weighted by Gasteiger charge is -2.43. The average molecular weight is 515 g/mol. The first-order chi connectivity index (χ1) is 15.7. The lowest BCUT2D eigenvalue weighted by atomic mass is 10.0. The minimum atomic E-state index is -1.06. The SMILES string of the molecule is CC1(C)CN(CC(=O)O)CC(Cc2ccc(OCC(=O)O)cc2)N(CC(=O)O)CC(C)(C)SS1. The van der Waals surface area contributed by atoms with Gasteiger partial charge in [-0.3, -0.25) is 19.4 Å². The third-order valence-electron chi connectivity index (χ3n) is 5.12. The lowest BCUT2D eigenvalue weighted by Crippen LogP contribution is -2.54. The van der Waals surface area contributed by atoms with Crippen LogP contribution in [0.15, 0.2) is 24.3 Å². The van der Waals surface area contributed by atoms with E-state index >= 15 is 0 Å². The molecule has 1 aliphatic heterocycles. The van der Waals surface area contributed by atoms with Crippen LogP contribution >= 0.6 is 21.6 Å². The zero-order valence-corrected chi connectivity index (χ0v) is 21.7. The van der Waals surface area contributed by atoms with E-state index in [2.05, 4.69) is 27.7 Å². The van der Waals surface area contributed by atoms with Gasteiger partial charge in [0.1, 0.15) is 5.75 Å². The van der Waals surface area contributed by atoms with Crippen LogP contribution in [-0.4, -0.2) is 97.9 Å². The zero-order valence-electron chi connectivity index (χ0n) is 20.0. The van der Waals surface area contributed by atoms with Crippen LogP contribution in [0.2, 0.25) is 0 Å². The van der Waals surface area contributed by atoms with Crippen molar-refractivity contribution in [1.29, 1.82) is 0 Å². The van der Waals surface area contributed by atoms with Gasteiger partial charge < -0.3 is 20.1 Å². The summed E-state index contributed by atoms with van der Waals surface area (Å²) in [5, 5.41) is 27.9. The summed E-state index contributed by atoms with van der Waals surface area (Å²) in [4.78, 5) is 37.9. The van der Waals surface area contributed by atoms with E-state index in [1.165, 1.54) is 0 Å². The van der Waals surface area contributed by atoms with Crippen LogP contribution in [0.25, 0.3) is 0 Å². The topological polar surface area (TPSA) is 128 Å². The van der Waals surface area contributed by atoms with Crippen LogP contribution in [0.1, 0.15) is 33.3 Å². The molecule has 1 heterocycles. The molecule has 11 heteroatoms. The highest BCUT2D eigenvalue weighted by atomic mass is 33.1. The third kappa shape index (κ3) is 10.1. The van der Waals surface area contributed by atoms with Crippen LogP contribution in [0.4, 0.5) is 0 Å². The van der Waals surface area contributed by atoms with E-state index in [0.717, 1.165) is 5.56 Å². The second-order valence-corrected chi connectivity index (χ2v) is 13.3. The molecule has 34 heavy (non-hydrogen) atoms. The predicted molar refractivity (Wildman–Crippen MR) is 134 cm³/mol. The average Bonchev–Trinajstić information content (AvgIpc) is 2.69. The number of rotatable bonds is 9. The number of hydrogen-bond donors (Lipinski definition) is 3. The zero-order chi connectivity index (χ0) is 25.5. The molecule has 0 aromatic heterocycles. The van der Waals surface area contributed by atoms with Crippen LogP contribution in [-0.2, 0) is 20.8 Å². The molecule has 0 aliphatic carbocycles. The molecule has 0 spiro atoms. The van der Waals surface area contributed by atoms with Gasteiger partial charge in [-0.25, -0.2) is 4.79 Å². The quantitative estimate of drug-likeness (QED) is 0.421. The minimum absolute atomic E-state index is 0.128. The first-order valence-electron chi connectivity index (χ1n) is 10.9. The highest BCUT2D eigenvalue weighted by molar-refractivity contribution is 8.77. The molecule has 1 aromatic rings. The molecule has 2 rings (SSSR count). The maximum absolute atomic E-state index is 11.7. The number of carboxylic acid groups (broad SMARTS) is 3. The van der Waals surface area contributed by atoms with E-state index in [0.29, 0.717) is 31.8 Å². The van der Waals surface area contributed by atoms with E-state index in [1.54, 1.807) is 33.7 Å². The third-order valence-corrected chi connectivity index (χ3v) is 9.32. The highest BCUT2D eigenvalue weighted by Gasteiger charge is 2.36. The largest absolute Gasteiger partial charge is 0.482 e. The van der Waals surface area contributed by atoms with Crippen molar-refractivity contribution < 1.29 is 34.4 Å². The van der Waals surface area contributed by atoms with Crippen molar-refractivity contribution in [2.24, 2.45) is 0 Å². The van der Waals surface area contributed by atoms with Gasteiger partial charge in [0.15, 0.2) is 6.61 Å². The van der Waals surface area contributed by atoms with Crippen molar-refractivity contribution in [2.75, 3.05) is 39.3 Å². The van der Waals surface area contributed by atoms with Gasteiger partial charge in [0.05, 0.1) is 13.1 Å². The molecular weight excluding hydrogens is 480 g/mol. The van der Waals surface area contributed by atoms with E-state index in [-0.39, 0.29) is 28.6 Å². The monoisotopic (exact) mass is 514 g/mol. The first kappa shape index (κ1) is 28.3. The lowest BCUT2D eigenvalue weighted by molar-refractivity contribution is -0.141. The predicted octanol–water partition coefficient (Wildman–Crippen LogP) is 2.79. The Labute approximate surface area is 208 Å². The molecule has 0 amide bonds. The molecule has 1 unspecified atom stereocenters. The summed E-state index contributed by atoms with van der Waals surface area (Å²) >= 11 is 0. The number of hydrogen-bond acceptors (Lipinski definition) is 8. The summed E-state index contributed by atoms with van der Waals surface area (Å²) in [7, 11) is 3.40. The van der Waals surface area contributed by atoms with Gasteiger partial charge in [-0.2, -0.15) is 0 Å². The van der Waals surface area contributed by atoms with Gasteiger partial charge in [-0.15, -0.1) is 0 Å². The summed E-state index contributed by atoms with van der Waals surface area (Å²) in [6, 6.07) is 6.80. The number of carbonyl (C=O) groups is 3. The molecular formula is C23H34N2O7S2. The fraction of sp³-hybridized carbons (Fsp3) is 0.609. The van der Waals surface area contributed by atoms with Gasteiger partial charge in [-0.05, 0) is 51.8 Å². The Balaban J connectivity index is 2.35. The Morgan fingerprint density at radius 3 is 2.00 bits per heavy atom. The van der Waals surface area contributed by atoms with Crippen LogP contribution in [0.5, 0.6) is 5.75 Å². The highest BCUT2D eigenvalue weighted by Crippen LogP contribution is 2.45. The molecule has 3 N–H and O–H groups in total. The number of ether oxygens (including phenoxy) is 1. The van der Waals surface area contributed by atoms with Gasteiger partial charge in [-0.1, -0.05) is 33.7 Å². The molecule has 1 saturated heterocycles.